The number of hydrogen-bond donors (Lipinski definition) is 1. The molecule has 0 aliphatic heterocycles. The summed E-state index contributed by atoms with van der Waals surface area (Å²) in [5, 5.41) is 2.63. The third-order valence-corrected chi connectivity index (χ3v) is 5.29. The first-order valence-corrected chi connectivity index (χ1v) is 12.9. The van der Waals surface area contributed by atoms with Crippen LogP contribution in [0.1, 0.15) is 103 Å². The summed E-state index contributed by atoms with van der Waals surface area (Å²) in [5.74, 6) is 2.13. The number of carbonyl (C=O) groups is 1. The second-order valence-corrected chi connectivity index (χ2v) is 8.90. The van der Waals surface area contributed by atoms with E-state index in [1.54, 1.807) is 0 Å². The second-order valence-electron chi connectivity index (χ2n) is 7.75. The fourth-order valence-corrected chi connectivity index (χ4v) is 3.49. The number of nitrogens with one attached hydrogen (secondary N) is 1. The number of allylic oxidation sites excluding steroid dienone is 2. The molecule has 1 atom stereocenters. The van der Waals surface area contributed by atoms with Crippen LogP contribution in [0.4, 0.5) is 0 Å². The molecule has 174 valence electrons. The molecule has 0 fully saturated rings. The summed E-state index contributed by atoms with van der Waals surface area (Å²) in [4.78, 5) is 33.0. The van der Waals surface area contributed by atoms with Crippen LogP contribution in [-0.2, 0) is 13.9 Å². The maximum Gasteiger partial charge on any atom is 0.220 e. The Labute approximate surface area is 183 Å². The Kier molecular flexibility index (Phi) is 19.1. The van der Waals surface area contributed by atoms with Crippen LogP contribution in [0, 0.1) is 12.3 Å². The molecule has 6 nitrogen and oxygen atoms in total. The summed E-state index contributed by atoms with van der Waals surface area (Å²) in [5.41, 5.74) is 0. The Balaban J connectivity index is 3.60. The van der Waals surface area contributed by atoms with Crippen molar-refractivity contribution in [3.8, 4) is 12.3 Å². The third-order valence-electron chi connectivity index (χ3n) is 4.83. The van der Waals surface area contributed by atoms with Crippen molar-refractivity contribution in [1.29, 1.82) is 0 Å². The zero-order chi connectivity index (χ0) is 22.5. The highest BCUT2D eigenvalue weighted by Crippen LogP contribution is 2.24. The van der Waals surface area contributed by atoms with Crippen LogP contribution < -0.4 is 15.1 Å². The summed E-state index contributed by atoms with van der Waals surface area (Å²) >= 11 is 0. The molecule has 0 radical (unpaired) electrons. The van der Waals surface area contributed by atoms with Gasteiger partial charge in [-0.3, -0.25) is 4.79 Å². The molecule has 0 aromatic heterocycles. The number of phosphoric acid groups is 1. The summed E-state index contributed by atoms with van der Waals surface area (Å²) in [6, 6.07) is -0.665. The molecule has 0 aromatic carbocycles. The van der Waals surface area contributed by atoms with E-state index in [0.717, 1.165) is 32.1 Å². The molecule has 7 heteroatoms. The Hall–Kier alpha value is -1.12. The maximum absolute atomic E-state index is 11.9. The number of carbonyl (C=O) groups excluding carboxylic acids is 1. The van der Waals surface area contributed by atoms with Gasteiger partial charge in [-0.25, -0.2) is 0 Å². The van der Waals surface area contributed by atoms with Crippen molar-refractivity contribution >= 4 is 13.7 Å². The van der Waals surface area contributed by atoms with Gasteiger partial charge in [0.05, 0.1) is 20.5 Å². The van der Waals surface area contributed by atoms with Gasteiger partial charge in [0.1, 0.15) is 0 Å². The number of terminal acetylenes is 1. The van der Waals surface area contributed by atoms with Crippen LogP contribution >= 0.6 is 7.82 Å². The Morgan fingerprint density at radius 3 is 2.07 bits per heavy atom. The van der Waals surface area contributed by atoms with E-state index in [2.05, 4.69) is 34.8 Å². The zero-order valence-electron chi connectivity index (χ0n) is 18.6. The quantitative estimate of drug-likeness (QED) is 0.131. The van der Waals surface area contributed by atoms with Crippen LogP contribution in [0.3, 0.4) is 0 Å². The van der Waals surface area contributed by atoms with Gasteiger partial charge >= 0.3 is 0 Å². The van der Waals surface area contributed by atoms with Gasteiger partial charge in [-0.05, 0) is 32.1 Å². The van der Waals surface area contributed by atoms with E-state index >= 15 is 0 Å². The van der Waals surface area contributed by atoms with Crippen LogP contribution in [0.15, 0.2) is 12.2 Å². The Morgan fingerprint density at radius 2 is 1.53 bits per heavy atom. The maximum atomic E-state index is 11.9. The van der Waals surface area contributed by atoms with Crippen LogP contribution in [0.25, 0.3) is 0 Å². The van der Waals surface area contributed by atoms with Gasteiger partial charge in [0.25, 0.3) is 0 Å². The van der Waals surface area contributed by atoms with Crippen molar-refractivity contribution in [2.75, 3.05) is 6.61 Å². The van der Waals surface area contributed by atoms with E-state index in [4.69, 9.17) is 6.42 Å². The molecular weight excluding hydrogens is 401 g/mol. The first kappa shape index (κ1) is 28.9. The molecule has 0 unspecified atom stereocenters. The number of phosphoric ester groups is 1. The average molecular weight is 442 g/mol. The first-order valence-electron chi connectivity index (χ1n) is 11.4. The van der Waals surface area contributed by atoms with Gasteiger partial charge in [-0.15, -0.1) is 12.3 Å². The molecule has 1 amide bonds. The molecule has 0 rings (SSSR count). The number of unbranched alkanes of at least 4 members (excludes halogenated alkanes) is 11. The lowest BCUT2D eigenvalue weighted by Crippen LogP contribution is -2.38. The van der Waals surface area contributed by atoms with Gasteiger partial charge in [0.2, 0.25) is 5.91 Å². The normalized spacial score (nSPS) is 12.7. The summed E-state index contributed by atoms with van der Waals surface area (Å²) < 4.78 is 14.7. The summed E-state index contributed by atoms with van der Waals surface area (Å²) in [6.07, 6.45) is 25.7. The van der Waals surface area contributed by atoms with Gasteiger partial charge in [0.15, 0.2) is 0 Å². The topological polar surface area (TPSA) is 102 Å². The second kappa shape index (κ2) is 19.8. The monoisotopic (exact) mass is 441 g/mol. The number of rotatable bonds is 20. The van der Waals surface area contributed by atoms with Crippen LogP contribution in [0.2, 0.25) is 0 Å². The number of hydrogen-bond acceptors (Lipinski definition) is 5. The van der Waals surface area contributed by atoms with Crippen molar-refractivity contribution in [2.24, 2.45) is 0 Å². The molecule has 0 bridgehead atoms. The molecule has 0 saturated heterocycles. The van der Waals surface area contributed by atoms with Crippen molar-refractivity contribution in [3.05, 3.63) is 12.2 Å². The van der Waals surface area contributed by atoms with E-state index in [9.17, 15) is 19.1 Å². The zero-order valence-corrected chi connectivity index (χ0v) is 19.5. The standard InChI is InChI=1S/C23H42NO5P/c1-3-5-6-7-8-9-10-11-12-13-14-15-16-17-18-20-23(25)24-22(19-4-2)21-29-30(26,27)28/h2,11-12,22H,3,5-10,13-21H2,1H3,(H,24,25)(H2,26,27,28)/p-2/b12-11-/t22-/m1/s1. The first-order chi connectivity index (χ1) is 14.4. The number of amides is 1. The fourth-order valence-electron chi connectivity index (χ4n) is 3.13. The highest BCUT2D eigenvalue weighted by molar-refractivity contribution is 7.43. The molecule has 30 heavy (non-hydrogen) atoms. The Bertz CT molecular complexity index is 538. The smallest absolute Gasteiger partial charge is 0.220 e. The minimum absolute atomic E-state index is 0.109. The van der Waals surface area contributed by atoms with E-state index in [0.29, 0.717) is 6.42 Å². The SMILES string of the molecule is C#CC[C@H](COP(=O)([O-])[O-])NC(=O)CCCCCCC/C=C\CCCCCCCC. The Morgan fingerprint density at radius 1 is 1.00 bits per heavy atom. The van der Waals surface area contributed by atoms with Gasteiger partial charge in [0, 0.05) is 12.8 Å². The molecule has 0 spiro atoms. The van der Waals surface area contributed by atoms with Gasteiger partial charge in [-0.1, -0.05) is 70.4 Å². The fraction of sp³-hybridized carbons (Fsp3) is 0.783. The van der Waals surface area contributed by atoms with Gasteiger partial charge < -0.3 is 24.2 Å². The van der Waals surface area contributed by atoms with E-state index in [1.165, 1.54) is 51.4 Å². The summed E-state index contributed by atoms with van der Waals surface area (Å²) in [7, 11) is -5.06. The minimum atomic E-state index is -5.06. The highest BCUT2D eigenvalue weighted by Gasteiger charge is 2.12. The third kappa shape index (κ3) is 21.6. The van der Waals surface area contributed by atoms with Crippen LogP contribution in [-0.4, -0.2) is 18.6 Å². The summed E-state index contributed by atoms with van der Waals surface area (Å²) in [6.45, 7) is 1.82. The lowest BCUT2D eigenvalue weighted by atomic mass is 10.1. The average Bonchev–Trinajstić information content (AvgIpc) is 2.68. The molecule has 1 N–H and O–H groups in total. The molecule has 0 heterocycles. The minimum Gasteiger partial charge on any atom is -0.790 e. The molecule has 0 aliphatic rings. The lowest BCUT2D eigenvalue weighted by molar-refractivity contribution is -0.342. The van der Waals surface area contributed by atoms with E-state index in [-0.39, 0.29) is 12.3 Å². The van der Waals surface area contributed by atoms with Gasteiger partial charge in [-0.2, -0.15) is 0 Å². The molecule has 0 saturated carbocycles. The molecular formula is C23H40NO5P-2. The van der Waals surface area contributed by atoms with Crippen molar-refractivity contribution in [2.45, 2.75) is 109 Å². The lowest BCUT2D eigenvalue weighted by Gasteiger charge is -2.30. The van der Waals surface area contributed by atoms with E-state index in [1.807, 2.05) is 0 Å². The van der Waals surface area contributed by atoms with E-state index < -0.39 is 20.5 Å². The van der Waals surface area contributed by atoms with Crippen LogP contribution in [0.5, 0.6) is 0 Å². The predicted molar refractivity (Wildman–Crippen MR) is 118 cm³/mol. The van der Waals surface area contributed by atoms with Crippen molar-refractivity contribution < 1.29 is 23.7 Å². The highest BCUT2D eigenvalue weighted by atomic mass is 31.2. The largest absolute Gasteiger partial charge is 0.790 e. The molecule has 0 aromatic rings. The predicted octanol–water partition coefficient (Wildman–Crippen LogP) is 4.38. The van der Waals surface area contributed by atoms with Crippen molar-refractivity contribution in [1.82, 2.24) is 5.32 Å². The molecule has 0 aliphatic carbocycles. The van der Waals surface area contributed by atoms with Crippen molar-refractivity contribution in [3.63, 3.8) is 0 Å².